The summed E-state index contributed by atoms with van der Waals surface area (Å²) in [6.45, 7) is 5.20. The highest BCUT2D eigenvalue weighted by molar-refractivity contribution is 7.90. The molecule has 0 bridgehead atoms. The monoisotopic (exact) mass is 387 g/mol. The van der Waals surface area contributed by atoms with Crippen molar-refractivity contribution in [3.8, 4) is 0 Å². The predicted octanol–water partition coefficient (Wildman–Crippen LogP) is 2.53. The average Bonchev–Trinajstić information content (AvgIpc) is 2.47. The van der Waals surface area contributed by atoms with E-state index in [2.05, 4.69) is 4.39 Å². The van der Waals surface area contributed by atoms with Gasteiger partial charge < -0.3 is 13.3 Å². The van der Waals surface area contributed by atoms with Crippen LogP contribution in [0.4, 0.5) is 13.2 Å². The van der Waals surface area contributed by atoms with Crippen molar-refractivity contribution in [2.24, 2.45) is 0 Å². The quantitative estimate of drug-likeness (QED) is 0.659. The van der Waals surface area contributed by atoms with E-state index in [1.807, 2.05) is 0 Å². The number of alkyl halides is 3. The second kappa shape index (κ2) is 8.40. The maximum absolute atomic E-state index is 12.8. The maximum atomic E-state index is 12.8. The molecule has 0 saturated heterocycles. The number of hydrogen-bond acceptors (Lipinski definition) is 5. The lowest BCUT2D eigenvalue weighted by Crippen LogP contribution is -2.60. The van der Waals surface area contributed by atoms with Crippen LogP contribution in [0.25, 0.3) is 0 Å². The van der Waals surface area contributed by atoms with Crippen LogP contribution >= 0.6 is 0 Å². The zero-order valence-corrected chi connectivity index (χ0v) is 15.3. The van der Waals surface area contributed by atoms with Gasteiger partial charge in [-0.3, -0.25) is 0 Å². The molecule has 6 nitrogen and oxygen atoms in total. The zero-order chi connectivity index (χ0) is 18.4. The summed E-state index contributed by atoms with van der Waals surface area (Å²) in [5.41, 5.74) is -1.07. The van der Waals surface area contributed by atoms with Gasteiger partial charge in [-0.05, 0) is 39.0 Å². The molecule has 0 unspecified atom stereocenters. The first-order valence-electron chi connectivity index (χ1n) is 7.23. The second-order valence-electron chi connectivity index (χ2n) is 4.49. The molecule has 0 aliphatic carbocycles. The van der Waals surface area contributed by atoms with E-state index in [0.29, 0.717) is 6.07 Å². The summed E-state index contributed by atoms with van der Waals surface area (Å²) in [6.07, 6.45) is -4.65. The minimum absolute atomic E-state index is 0.108. The molecule has 138 valence electrons. The normalized spacial score (nSPS) is 13.2. The first-order valence-corrected chi connectivity index (χ1v) is 10.4. The van der Waals surface area contributed by atoms with Gasteiger partial charge in [-0.15, -0.1) is 0 Å². The highest BCUT2D eigenvalue weighted by Crippen LogP contribution is 2.30. The van der Waals surface area contributed by atoms with Crippen LogP contribution in [0, 0.1) is 0 Å². The number of sulfonamides is 1. The number of nitrogens with one attached hydrogen (secondary N) is 1. The molecule has 0 saturated carbocycles. The Morgan fingerprint density at radius 1 is 1.04 bits per heavy atom. The van der Waals surface area contributed by atoms with Gasteiger partial charge in [0.15, 0.2) is 0 Å². The SMILES string of the molecule is CCO[Si](NS(=O)(=O)c1cccc(C(F)(F)F)c1)(OCC)OCC. The van der Waals surface area contributed by atoms with Crippen molar-refractivity contribution >= 4 is 19.0 Å². The van der Waals surface area contributed by atoms with E-state index in [0.717, 1.165) is 18.2 Å². The number of rotatable bonds is 9. The molecule has 24 heavy (non-hydrogen) atoms. The fourth-order valence-corrected chi connectivity index (χ4v) is 6.27. The van der Waals surface area contributed by atoms with Crippen LogP contribution in [0.5, 0.6) is 0 Å². The summed E-state index contributed by atoms with van der Waals surface area (Å²) in [7, 11) is -8.13. The van der Waals surface area contributed by atoms with Crippen molar-refractivity contribution in [3.63, 3.8) is 0 Å². The van der Waals surface area contributed by atoms with Crippen molar-refractivity contribution < 1.29 is 34.9 Å². The Labute approximate surface area is 140 Å². The van der Waals surface area contributed by atoms with E-state index < -0.39 is 35.6 Å². The Balaban J connectivity index is 3.22. The molecule has 1 aromatic rings. The van der Waals surface area contributed by atoms with Crippen LogP contribution in [-0.4, -0.2) is 37.2 Å². The van der Waals surface area contributed by atoms with E-state index in [4.69, 9.17) is 13.3 Å². The molecule has 1 N–H and O–H groups in total. The number of halogens is 3. The van der Waals surface area contributed by atoms with Crippen molar-refractivity contribution in [3.05, 3.63) is 29.8 Å². The van der Waals surface area contributed by atoms with Crippen molar-refractivity contribution in [1.29, 1.82) is 0 Å². The van der Waals surface area contributed by atoms with Crippen molar-refractivity contribution in [1.82, 2.24) is 4.39 Å². The molecule has 0 fully saturated rings. The molecule has 11 heteroatoms. The molecular weight excluding hydrogens is 367 g/mol. The van der Waals surface area contributed by atoms with Gasteiger partial charge in [0.05, 0.1) is 10.5 Å². The highest BCUT2D eigenvalue weighted by Gasteiger charge is 2.46. The standard InChI is InChI=1S/C13H20F3NO5SSi/c1-4-20-24(21-5-2,22-6-3)17-23(18,19)12-9-7-8-11(10-12)13(14,15)16/h7-10,17H,4-6H2,1-3H3. The molecule has 0 aliphatic rings. The van der Waals surface area contributed by atoms with Crippen LogP contribution < -0.4 is 4.39 Å². The summed E-state index contributed by atoms with van der Waals surface area (Å²) < 4.78 is 81.5. The van der Waals surface area contributed by atoms with Gasteiger partial charge >= 0.3 is 15.1 Å². The molecule has 0 amide bonds. The molecule has 0 heterocycles. The van der Waals surface area contributed by atoms with Crippen LogP contribution in [0.1, 0.15) is 26.3 Å². The summed E-state index contributed by atoms with van der Waals surface area (Å²) in [6, 6.07) is 3.41. The third kappa shape index (κ3) is 5.53. The van der Waals surface area contributed by atoms with Gasteiger partial charge in [0.1, 0.15) is 0 Å². The third-order valence-electron chi connectivity index (χ3n) is 2.73. The second-order valence-corrected chi connectivity index (χ2v) is 8.76. The Hall–Kier alpha value is -0.983. The molecular formula is C13H20F3NO5SSi. The molecule has 0 radical (unpaired) electrons. The first-order chi connectivity index (χ1) is 11.1. The lowest BCUT2D eigenvalue weighted by molar-refractivity contribution is -0.137. The Bertz CT molecular complexity index is 622. The lowest BCUT2D eigenvalue weighted by Gasteiger charge is -2.28. The van der Waals surface area contributed by atoms with Crippen molar-refractivity contribution in [2.75, 3.05) is 19.8 Å². The number of benzene rings is 1. The average molecular weight is 387 g/mol. The molecule has 0 aromatic heterocycles. The van der Waals surface area contributed by atoms with E-state index in [9.17, 15) is 21.6 Å². The molecule has 0 aliphatic heterocycles. The summed E-state index contributed by atoms with van der Waals surface area (Å²) in [4.78, 5) is -0.548. The fraction of sp³-hybridized carbons (Fsp3) is 0.538. The lowest BCUT2D eigenvalue weighted by atomic mass is 10.2. The van der Waals surface area contributed by atoms with Gasteiger partial charge in [0.25, 0.3) is 0 Å². The largest absolute Gasteiger partial charge is 0.611 e. The topological polar surface area (TPSA) is 73.9 Å². The molecule has 1 rings (SSSR count). The highest BCUT2D eigenvalue weighted by atomic mass is 32.2. The Kier molecular flexibility index (Phi) is 7.37. The van der Waals surface area contributed by atoms with Gasteiger partial charge in [0, 0.05) is 19.8 Å². The predicted molar refractivity (Wildman–Crippen MR) is 82.4 cm³/mol. The molecule has 1 aromatic carbocycles. The summed E-state index contributed by atoms with van der Waals surface area (Å²) >= 11 is 0. The minimum Gasteiger partial charge on any atom is -0.361 e. The molecule has 0 spiro atoms. The maximum Gasteiger partial charge on any atom is 0.611 e. The third-order valence-corrected chi connectivity index (χ3v) is 7.69. The Morgan fingerprint density at radius 2 is 1.54 bits per heavy atom. The van der Waals surface area contributed by atoms with Gasteiger partial charge in [0.2, 0.25) is 10.0 Å². The molecule has 0 atom stereocenters. The summed E-state index contributed by atoms with van der Waals surface area (Å²) in [5.74, 6) is 0. The minimum atomic E-state index is -4.65. The zero-order valence-electron chi connectivity index (χ0n) is 13.5. The fourth-order valence-electron chi connectivity index (χ4n) is 1.85. The number of hydrogen-bond donors (Lipinski definition) is 1. The Morgan fingerprint density at radius 3 is 1.96 bits per heavy atom. The van der Waals surface area contributed by atoms with E-state index >= 15 is 0 Å². The van der Waals surface area contributed by atoms with Crippen LogP contribution in [0.2, 0.25) is 0 Å². The van der Waals surface area contributed by atoms with Gasteiger partial charge in [-0.2, -0.15) is 17.6 Å². The van der Waals surface area contributed by atoms with Crippen LogP contribution in [0.15, 0.2) is 29.2 Å². The van der Waals surface area contributed by atoms with Crippen LogP contribution in [0.3, 0.4) is 0 Å². The summed E-state index contributed by atoms with van der Waals surface area (Å²) in [5, 5.41) is 0. The van der Waals surface area contributed by atoms with E-state index in [-0.39, 0.29) is 19.8 Å². The first kappa shape index (κ1) is 21.1. The van der Waals surface area contributed by atoms with Gasteiger partial charge in [-0.25, -0.2) is 8.42 Å². The van der Waals surface area contributed by atoms with Crippen molar-refractivity contribution in [2.45, 2.75) is 31.8 Å². The van der Waals surface area contributed by atoms with E-state index in [1.165, 1.54) is 0 Å². The van der Waals surface area contributed by atoms with Crippen LogP contribution in [-0.2, 0) is 29.5 Å². The van der Waals surface area contributed by atoms with E-state index in [1.54, 1.807) is 20.8 Å². The smallest absolute Gasteiger partial charge is 0.361 e. The van der Waals surface area contributed by atoms with Gasteiger partial charge in [-0.1, -0.05) is 6.07 Å².